The summed E-state index contributed by atoms with van der Waals surface area (Å²) in [5.74, 6) is 1.52. The van der Waals surface area contributed by atoms with Gasteiger partial charge in [-0.3, -0.25) is 4.90 Å². The van der Waals surface area contributed by atoms with Gasteiger partial charge in [-0.1, -0.05) is 34.1 Å². The van der Waals surface area contributed by atoms with Gasteiger partial charge in [0.05, 0.1) is 6.10 Å². The minimum absolute atomic E-state index is 0.0608. The summed E-state index contributed by atoms with van der Waals surface area (Å²) in [5, 5.41) is 9.92. The quantitative estimate of drug-likeness (QED) is 0.771. The van der Waals surface area contributed by atoms with Crippen molar-refractivity contribution in [3.05, 3.63) is 0 Å². The summed E-state index contributed by atoms with van der Waals surface area (Å²) in [5.41, 5.74) is 0. The second-order valence-electron chi connectivity index (χ2n) is 6.09. The minimum atomic E-state index is -0.0608. The SMILES string of the molecule is CCCN(CC(C)C)C1CC(O)CCC1CC. The van der Waals surface area contributed by atoms with Crippen LogP contribution in [0.2, 0.25) is 0 Å². The van der Waals surface area contributed by atoms with E-state index in [0.29, 0.717) is 6.04 Å². The fourth-order valence-corrected chi connectivity index (χ4v) is 3.26. The molecule has 0 aromatic heterocycles. The van der Waals surface area contributed by atoms with E-state index in [2.05, 4.69) is 32.6 Å². The van der Waals surface area contributed by atoms with Gasteiger partial charge in [0, 0.05) is 12.6 Å². The normalized spacial score (nSPS) is 30.2. The Balaban J connectivity index is 2.66. The van der Waals surface area contributed by atoms with Crippen LogP contribution < -0.4 is 0 Å². The van der Waals surface area contributed by atoms with E-state index < -0.39 is 0 Å². The van der Waals surface area contributed by atoms with E-state index in [9.17, 15) is 5.11 Å². The molecule has 3 unspecified atom stereocenters. The maximum Gasteiger partial charge on any atom is 0.0555 e. The average Bonchev–Trinajstić information content (AvgIpc) is 2.28. The van der Waals surface area contributed by atoms with E-state index in [1.54, 1.807) is 0 Å². The number of hydrogen-bond acceptors (Lipinski definition) is 2. The van der Waals surface area contributed by atoms with E-state index in [-0.39, 0.29) is 6.10 Å². The Kier molecular flexibility index (Phi) is 6.50. The Morgan fingerprint density at radius 1 is 1.24 bits per heavy atom. The zero-order valence-electron chi connectivity index (χ0n) is 12.2. The van der Waals surface area contributed by atoms with Crippen molar-refractivity contribution < 1.29 is 5.11 Å². The lowest BCUT2D eigenvalue weighted by molar-refractivity contribution is 0.0205. The van der Waals surface area contributed by atoms with Crippen LogP contribution in [0, 0.1) is 11.8 Å². The molecule has 0 radical (unpaired) electrons. The molecule has 0 heterocycles. The van der Waals surface area contributed by atoms with E-state index >= 15 is 0 Å². The van der Waals surface area contributed by atoms with Crippen LogP contribution in [0.15, 0.2) is 0 Å². The van der Waals surface area contributed by atoms with E-state index in [4.69, 9.17) is 0 Å². The van der Waals surface area contributed by atoms with Crippen molar-refractivity contribution >= 4 is 0 Å². The Bertz CT molecular complexity index is 205. The van der Waals surface area contributed by atoms with E-state index in [0.717, 1.165) is 24.7 Å². The number of rotatable bonds is 6. The fourth-order valence-electron chi connectivity index (χ4n) is 3.26. The molecule has 0 aliphatic heterocycles. The van der Waals surface area contributed by atoms with Crippen molar-refractivity contribution in [3.8, 4) is 0 Å². The summed E-state index contributed by atoms with van der Waals surface area (Å²) < 4.78 is 0. The number of aliphatic hydroxyl groups excluding tert-OH is 1. The molecule has 1 fully saturated rings. The van der Waals surface area contributed by atoms with Crippen molar-refractivity contribution in [1.82, 2.24) is 4.90 Å². The molecule has 1 N–H and O–H groups in total. The topological polar surface area (TPSA) is 23.5 Å². The van der Waals surface area contributed by atoms with Gasteiger partial charge in [0.2, 0.25) is 0 Å². The van der Waals surface area contributed by atoms with E-state index in [1.165, 1.54) is 32.4 Å². The maximum absolute atomic E-state index is 9.92. The van der Waals surface area contributed by atoms with Gasteiger partial charge < -0.3 is 5.11 Å². The van der Waals surface area contributed by atoms with Crippen LogP contribution in [-0.2, 0) is 0 Å². The smallest absolute Gasteiger partial charge is 0.0555 e. The van der Waals surface area contributed by atoms with Crippen LogP contribution in [0.25, 0.3) is 0 Å². The number of nitrogens with zero attached hydrogens (tertiary/aromatic N) is 1. The van der Waals surface area contributed by atoms with Gasteiger partial charge >= 0.3 is 0 Å². The summed E-state index contributed by atoms with van der Waals surface area (Å²) in [6, 6.07) is 0.617. The second kappa shape index (κ2) is 7.38. The van der Waals surface area contributed by atoms with Gasteiger partial charge in [0.25, 0.3) is 0 Å². The standard InChI is InChI=1S/C15H31NO/c1-5-9-16(11-12(3)4)15-10-14(17)8-7-13(15)6-2/h12-15,17H,5-11H2,1-4H3. The molecule has 0 aromatic carbocycles. The Morgan fingerprint density at radius 3 is 2.47 bits per heavy atom. The fraction of sp³-hybridized carbons (Fsp3) is 1.00. The molecule has 0 saturated heterocycles. The van der Waals surface area contributed by atoms with Gasteiger partial charge in [-0.05, 0) is 44.1 Å². The predicted molar refractivity (Wildman–Crippen MR) is 74.1 cm³/mol. The van der Waals surface area contributed by atoms with Crippen LogP contribution in [0.5, 0.6) is 0 Å². The Labute approximate surface area is 107 Å². The zero-order chi connectivity index (χ0) is 12.8. The lowest BCUT2D eigenvalue weighted by Crippen LogP contribution is -2.47. The van der Waals surface area contributed by atoms with Gasteiger partial charge in [0.15, 0.2) is 0 Å². The summed E-state index contributed by atoms with van der Waals surface area (Å²) in [6.07, 6.45) is 5.63. The predicted octanol–water partition coefficient (Wildman–Crippen LogP) is 3.29. The van der Waals surface area contributed by atoms with Crippen molar-refractivity contribution in [2.24, 2.45) is 11.8 Å². The maximum atomic E-state index is 9.92. The first-order chi connectivity index (χ1) is 8.08. The van der Waals surface area contributed by atoms with Crippen LogP contribution in [0.4, 0.5) is 0 Å². The number of aliphatic hydroxyl groups is 1. The highest BCUT2D eigenvalue weighted by Gasteiger charge is 2.32. The van der Waals surface area contributed by atoms with Crippen LogP contribution in [0.1, 0.15) is 59.8 Å². The first-order valence-electron chi connectivity index (χ1n) is 7.50. The molecule has 1 saturated carbocycles. The highest BCUT2D eigenvalue weighted by atomic mass is 16.3. The van der Waals surface area contributed by atoms with Crippen LogP contribution >= 0.6 is 0 Å². The largest absolute Gasteiger partial charge is 0.393 e. The molecule has 1 aliphatic rings. The van der Waals surface area contributed by atoms with Crippen molar-refractivity contribution in [1.29, 1.82) is 0 Å². The molecule has 1 rings (SSSR count). The molecule has 0 amide bonds. The summed E-state index contributed by atoms with van der Waals surface area (Å²) in [7, 11) is 0. The molecule has 0 spiro atoms. The second-order valence-corrected chi connectivity index (χ2v) is 6.09. The molecule has 2 heteroatoms. The van der Waals surface area contributed by atoms with Crippen molar-refractivity contribution in [2.45, 2.75) is 71.9 Å². The molecule has 3 atom stereocenters. The van der Waals surface area contributed by atoms with Gasteiger partial charge in [0.1, 0.15) is 0 Å². The van der Waals surface area contributed by atoms with Crippen LogP contribution in [0.3, 0.4) is 0 Å². The molecule has 0 bridgehead atoms. The third-order valence-corrected chi connectivity index (χ3v) is 4.03. The molecule has 2 nitrogen and oxygen atoms in total. The minimum Gasteiger partial charge on any atom is -0.393 e. The van der Waals surface area contributed by atoms with Crippen molar-refractivity contribution in [2.75, 3.05) is 13.1 Å². The molecular weight excluding hydrogens is 210 g/mol. The summed E-state index contributed by atoms with van der Waals surface area (Å²) in [4.78, 5) is 2.64. The Morgan fingerprint density at radius 2 is 1.94 bits per heavy atom. The molecule has 17 heavy (non-hydrogen) atoms. The summed E-state index contributed by atoms with van der Waals surface area (Å²) in [6.45, 7) is 11.5. The third kappa shape index (κ3) is 4.59. The number of hydrogen-bond donors (Lipinski definition) is 1. The summed E-state index contributed by atoms with van der Waals surface area (Å²) >= 11 is 0. The zero-order valence-corrected chi connectivity index (χ0v) is 12.2. The van der Waals surface area contributed by atoms with E-state index in [1.807, 2.05) is 0 Å². The molecule has 1 aliphatic carbocycles. The molecule has 102 valence electrons. The lowest BCUT2D eigenvalue weighted by atomic mass is 9.80. The van der Waals surface area contributed by atoms with Crippen molar-refractivity contribution in [3.63, 3.8) is 0 Å². The lowest BCUT2D eigenvalue weighted by Gasteiger charge is -2.42. The van der Waals surface area contributed by atoms with Gasteiger partial charge in [-0.15, -0.1) is 0 Å². The average molecular weight is 241 g/mol. The molecular formula is C15H31NO. The third-order valence-electron chi connectivity index (χ3n) is 4.03. The highest BCUT2D eigenvalue weighted by Crippen LogP contribution is 2.31. The molecule has 0 aromatic rings. The highest BCUT2D eigenvalue weighted by molar-refractivity contribution is 4.86. The monoisotopic (exact) mass is 241 g/mol. The first kappa shape index (κ1) is 15.0. The first-order valence-corrected chi connectivity index (χ1v) is 7.50. The van der Waals surface area contributed by atoms with Gasteiger partial charge in [-0.25, -0.2) is 0 Å². The van der Waals surface area contributed by atoms with Gasteiger partial charge in [-0.2, -0.15) is 0 Å². The van der Waals surface area contributed by atoms with Crippen LogP contribution in [-0.4, -0.2) is 35.2 Å². The Hall–Kier alpha value is -0.0800.